The van der Waals surface area contributed by atoms with E-state index in [-0.39, 0.29) is 0 Å². The number of hydrogen-bond donors (Lipinski definition) is 2. The molecule has 0 radical (unpaired) electrons. The Kier molecular flexibility index (Phi) is 8.13. The molecule has 1 aromatic rings. The molecule has 5 heteroatoms. The largest absolute Gasteiger partial charge is 0.497 e. The van der Waals surface area contributed by atoms with E-state index in [9.17, 15) is 0 Å². The zero-order valence-electron chi connectivity index (χ0n) is 11.6. The predicted molar refractivity (Wildman–Crippen MR) is 73.2 cm³/mol. The molecule has 0 aliphatic rings. The molecule has 0 saturated heterocycles. The van der Waals surface area contributed by atoms with Crippen LogP contribution in [-0.4, -0.2) is 47.4 Å². The zero-order chi connectivity index (χ0) is 13.3. The lowest BCUT2D eigenvalue weighted by Gasteiger charge is -2.17. The van der Waals surface area contributed by atoms with Gasteiger partial charge in [0.05, 0.1) is 12.8 Å². The highest BCUT2D eigenvalue weighted by Gasteiger charge is 1.96. The first-order valence-electron chi connectivity index (χ1n) is 5.45. The van der Waals surface area contributed by atoms with Crippen molar-refractivity contribution in [1.29, 1.82) is 0 Å². The Labute approximate surface area is 104 Å². The first-order valence-corrected chi connectivity index (χ1v) is 5.45. The molecule has 0 unspecified atom stereocenters. The van der Waals surface area contributed by atoms with Crippen molar-refractivity contribution in [2.24, 2.45) is 0 Å². The van der Waals surface area contributed by atoms with Gasteiger partial charge in [-0.1, -0.05) is 0 Å². The summed E-state index contributed by atoms with van der Waals surface area (Å²) in [5.41, 5.74) is 6.98. The Hall–Kier alpha value is -1.30. The average Bonchev–Trinajstić information content (AvgIpc) is 2.38. The normalized spacial score (nSPS) is 9.59. The van der Waals surface area contributed by atoms with Gasteiger partial charge in [-0.25, -0.2) is 5.43 Å². The van der Waals surface area contributed by atoms with Crippen LogP contribution in [0.15, 0.2) is 24.3 Å². The summed E-state index contributed by atoms with van der Waals surface area (Å²) in [6.45, 7) is 0. The van der Waals surface area contributed by atoms with E-state index < -0.39 is 0 Å². The van der Waals surface area contributed by atoms with Crippen molar-refractivity contribution in [1.82, 2.24) is 15.9 Å². The molecule has 0 spiro atoms. The third-order valence-corrected chi connectivity index (χ3v) is 2.24. The predicted octanol–water partition coefficient (Wildman–Crippen LogP) is 0.948. The summed E-state index contributed by atoms with van der Waals surface area (Å²) in [4.78, 5) is 0. The summed E-state index contributed by atoms with van der Waals surface area (Å²) in [5.74, 6) is 0.878. The Morgan fingerprint density at radius 3 is 1.71 bits per heavy atom. The highest BCUT2D eigenvalue weighted by molar-refractivity contribution is 5.47. The lowest BCUT2D eigenvalue weighted by atomic mass is 10.3. The van der Waals surface area contributed by atoms with Gasteiger partial charge in [-0.15, -0.1) is 0 Å². The molecule has 0 heterocycles. The fraction of sp³-hybridized carbons (Fsp3) is 0.500. The minimum absolute atomic E-state index is 0.878. The summed E-state index contributed by atoms with van der Waals surface area (Å²) >= 11 is 0. The maximum atomic E-state index is 5.04. The quantitative estimate of drug-likeness (QED) is 0.767. The third-order valence-electron chi connectivity index (χ3n) is 2.24. The second kappa shape index (κ2) is 8.81. The van der Waals surface area contributed by atoms with Gasteiger partial charge in [-0.05, 0) is 31.3 Å². The fourth-order valence-electron chi connectivity index (χ4n) is 0.935. The SMILES string of the molecule is CNN(C)C.CNN(C)c1ccc(OC)cc1. The van der Waals surface area contributed by atoms with Crippen LogP contribution in [0.3, 0.4) is 0 Å². The highest BCUT2D eigenvalue weighted by Crippen LogP contribution is 2.16. The number of methoxy groups -OCH3 is 1. The van der Waals surface area contributed by atoms with E-state index in [1.807, 2.05) is 69.5 Å². The van der Waals surface area contributed by atoms with Crippen molar-refractivity contribution in [2.45, 2.75) is 0 Å². The van der Waals surface area contributed by atoms with Crippen molar-refractivity contribution < 1.29 is 4.74 Å². The Bertz CT molecular complexity index is 287. The Balaban J connectivity index is 0.000000437. The van der Waals surface area contributed by atoms with Gasteiger partial charge in [-0.3, -0.25) is 10.4 Å². The van der Waals surface area contributed by atoms with Gasteiger partial charge in [0.2, 0.25) is 0 Å². The number of benzene rings is 1. The van der Waals surface area contributed by atoms with Gasteiger partial charge >= 0.3 is 0 Å². The van der Waals surface area contributed by atoms with E-state index in [4.69, 9.17) is 4.74 Å². The van der Waals surface area contributed by atoms with Gasteiger partial charge in [0.25, 0.3) is 0 Å². The number of hydrazine groups is 2. The summed E-state index contributed by atoms with van der Waals surface area (Å²) in [7, 11) is 11.3. The van der Waals surface area contributed by atoms with Crippen LogP contribution < -0.4 is 20.6 Å². The summed E-state index contributed by atoms with van der Waals surface area (Å²) in [6.07, 6.45) is 0. The Morgan fingerprint density at radius 2 is 1.41 bits per heavy atom. The molecule has 0 fully saturated rings. The second-order valence-electron chi connectivity index (χ2n) is 3.60. The molecule has 0 amide bonds. The molecule has 0 aromatic heterocycles. The molecule has 1 rings (SSSR count). The minimum Gasteiger partial charge on any atom is -0.497 e. The molecule has 98 valence electrons. The van der Waals surface area contributed by atoms with Gasteiger partial charge in [0.1, 0.15) is 5.75 Å². The minimum atomic E-state index is 0.878. The van der Waals surface area contributed by atoms with Crippen LogP contribution >= 0.6 is 0 Å². The summed E-state index contributed by atoms with van der Waals surface area (Å²) < 4.78 is 5.04. The number of nitrogens with zero attached hydrogens (tertiary/aromatic N) is 2. The number of nitrogens with one attached hydrogen (secondary N) is 2. The van der Waals surface area contributed by atoms with E-state index in [0.29, 0.717) is 0 Å². The van der Waals surface area contributed by atoms with Gasteiger partial charge in [0.15, 0.2) is 0 Å². The first-order chi connectivity index (χ1) is 8.04. The van der Waals surface area contributed by atoms with Crippen molar-refractivity contribution in [3.05, 3.63) is 24.3 Å². The lowest BCUT2D eigenvalue weighted by molar-refractivity contribution is 0.323. The molecule has 0 atom stereocenters. The van der Waals surface area contributed by atoms with Crippen molar-refractivity contribution in [3.63, 3.8) is 0 Å². The van der Waals surface area contributed by atoms with Gasteiger partial charge in [0, 0.05) is 28.2 Å². The third kappa shape index (κ3) is 6.78. The van der Waals surface area contributed by atoms with E-state index in [1.54, 1.807) is 7.11 Å². The number of rotatable bonds is 4. The lowest BCUT2D eigenvalue weighted by Crippen LogP contribution is -2.30. The smallest absolute Gasteiger partial charge is 0.119 e. The molecule has 0 aliphatic carbocycles. The van der Waals surface area contributed by atoms with Crippen LogP contribution in [0.2, 0.25) is 0 Å². The molecule has 0 saturated carbocycles. The molecule has 0 bridgehead atoms. The highest BCUT2D eigenvalue weighted by atomic mass is 16.5. The maximum Gasteiger partial charge on any atom is 0.119 e. The first kappa shape index (κ1) is 15.7. The number of hydrogen-bond acceptors (Lipinski definition) is 5. The second-order valence-corrected chi connectivity index (χ2v) is 3.60. The molecule has 2 N–H and O–H groups in total. The number of ether oxygens (including phenoxy) is 1. The van der Waals surface area contributed by atoms with E-state index >= 15 is 0 Å². The van der Waals surface area contributed by atoms with E-state index in [1.165, 1.54) is 0 Å². The Morgan fingerprint density at radius 1 is 0.941 bits per heavy atom. The van der Waals surface area contributed by atoms with E-state index in [2.05, 4.69) is 10.9 Å². The van der Waals surface area contributed by atoms with E-state index in [0.717, 1.165) is 11.4 Å². The van der Waals surface area contributed by atoms with Crippen molar-refractivity contribution in [3.8, 4) is 5.75 Å². The molecular weight excluding hydrogens is 216 g/mol. The van der Waals surface area contributed by atoms with Crippen molar-refractivity contribution >= 4 is 5.69 Å². The van der Waals surface area contributed by atoms with Gasteiger partial charge in [-0.2, -0.15) is 0 Å². The zero-order valence-corrected chi connectivity index (χ0v) is 11.6. The average molecular weight is 240 g/mol. The van der Waals surface area contributed by atoms with Crippen LogP contribution in [-0.2, 0) is 0 Å². The van der Waals surface area contributed by atoms with Crippen LogP contribution in [0.5, 0.6) is 5.75 Å². The molecule has 1 aromatic carbocycles. The summed E-state index contributed by atoms with van der Waals surface area (Å²) in [5, 5.41) is 3.80. The van der Waals surface area contributed by atoms with Crippen LogP contribution in [0.25, 0.3) is 0 Å². The van der Waals surface area contributed by atoms with Crippen LogP contribution in [0, 0.1) is 0 Å². The maximum absolute atomic E-state index is 5.04. The van der Waals surface area contributed by atoms with Crippen molar-refractivity contribution in [2.75, 3.05) is 47.4 Å². The molecule has 17 heavy (non-hydrogen) atoms. The van der Waals surface area contributed by atoms with Crippen LogP contribution in [0.4, 0.5) is 5.69 Å². The fourth-order valence-corrected chi connectivity index (χ4v) is 0.935. The monoisotopic (exact) mass is 240 g/mol. The van der Waals surface area contributed by atoms with Gasteiger partial charge < -0.3 is 9.75 Å². The molecular formula is C12H24N4O. The summed E-state index contributed by atoms with van der Waals surface area (Å²) in [6, 6.07) is 7.86. The standard InChI is InChI=1S/C9H14N2O.C3H10N2/c1-10-11(2)8-4-6-9(12-3)7-5-8;1-4-5(2)3/h4-7,10H,1-3H3;4H,1-3H3. The molecule has 0 aliphatic heterocycles. The topological polar surface area (TPSA) is 39.8 Å². The number of anilines is 1. The van der Waals surface area contributed by atoms with Crippen LogP contribution in [0.1, 0.15) is 0 Å². The molecule has 5 nitrogen and oxygen atoms in total.